The maximum absolute atomic E-state index is 12.4. The van der Waals surface area contributed by atoms with Gasteiger partial charge in [-0.05, 0) is 44.2 Å². The van der Waals surface area contributed by atoms with Crippen molar-refractivity contribution in [2.45, 2.75) is 31.7 Å². The van der Waals surface area contributed by atoms with Gasteiger partial charge in [-0.1, -0.05) is 11.6 Å². The molecular weight excluding hydrogens is 397 g/mol. The lowest BCUT2D eigenvalue weighted by Gasteiger charge is -2.32. The molecule has 144 valence electrons. The van der Waals surface area contributed by atoms with E-state index in [-0.39, 0.29) is 30.7 Å². The Morgan fingerprint density at radius 2 is 2.08 bits per heavy atom. The molecule has 0 bridgehead atoms. The molecule has 1 unspecified atom stereocenters. The van der Waals surface area contributed by atoms with Crippen molar-refractivity contribution in [3.05, 3.63) is 41.4 Å². The molecular formula is C18H24Cl3N3O2. The van der Waals surface area contributed by atoms with E-state index < -0.39 is 0 Å². The Balaban J connectivity index is 0.00000169. The van der Waals surface area contributed by atoms with Crippen LogP contribution in [0.4, 0.5) is 0 Å². The van der Waals surface area contributed by atoms with Crippen molar-refractivity contribution in [2.24, 2.45) is 0 Å². The van der Waals surface area contributed by atoms with Crippen LogP contribution in [0, 0.1) is 0 Å². The average molecular weight is 421 g/mol. The highest BCUT2D eigenvalue weighted by Gasteiger charge is 2.22. The molecule has 8 heteroatoms. The molecule has 1 N–H and O–H groups in total. The van der Waals surface area contributed by atoms with Crippen LogP contribution >= 0.6 is 36.4 Å². The summed E-state index contributed by atoms with van der Waals surface area (Å²) in [6.07, 6.45) is 4.83. The van der Waals surface area contributed by atoms with Crippen LogP contribution in [0.3, 0.4) is 0 Å². The van der Waals surface area contributed by atoms with Gasteiger partial charge >= 0.3 is 0 Å². The number of nitrogens with zero attached hydrogens (tertiary/aromatic N) is 2. The zero-order chi connectivity index (χ0) is 16.9. The van der Waals surface area contributed by atoms with Gasteiger partial charge in [-0.25, -0.2) is 4.98 Å². The summed E-state index contributed by atoms with van der Waals surface area (Å²) in [6.45, 7) is 1.63. The summed E-state index contributed by atoms with van der Waals surface area (Å²) in [4.78, 5) is 18.6. The van der Waals surface area contributed by atoms with Crippen molar-refractivity contribution >= 4 is 42.3 Å². The van der Waals surface area contributed by atoms with E-state index in [2.05, 4.69) is 10.3 Å². The van der Waals surface area contributed by atoms with Crippen molar-refractivity contribution < 1.29 is 9.21 Å². The number of halogens is 3. The fourth-order valence-corrected chi connectivity index (χ4v) is 3.11. The van der Waals surface area contributed by atoms with E-state index in [1.54, 1.807) is 6.20 Å². The molecule has 0 aliphatic carbocycles. The molecule has 2 heterocycles. The molecule has 0 spiro atoms. The number of aromatic nitrogens is 1. The maximum atomic E-state index is 12.4. The topological polar surface area (TPSA) is 58.4 Å². The second kappa shape index (κ2) is 10.8. The third-order valence-corrected chi connectivity index (χ3v) is 4.67. The number of likely N-dealkylation sites (N-methyl/N-ethyl adjacent to an activating group) is 1. The quantitative estimate of drug-likeness (QED) is 0.795. The van der Waals surface area contributed by atoms with Crippen LogP contribution in [0.15, 0.2) is 34.9 Å². The smallest absolute Gasteiger partial charge is 0.223 e. The number of likely N-dealkylation sites (tertiary alicyclic amines) is 1. The van der Waals surface area contributed by atoms with Gasteiger partial charge in [0, 0.05) is 42.6 Å². The Bertz CT molecular complexity index is 691. The van der Waals surface area contributed by atoms with Crippen LogP contribution in [0.1, 0.15) is 25.2 Å². The highest BCUT2D eigenvalue weighted by molar-refractivity contribution is 6.30. The van der Waals surface area contributed by atoms with Crippen molar-refractivity contribution in [1.82, 2.24) is 15.2 Å². The van der Waals surface area contributed by atoms with Gasteiger partial charge in [0.05, 0.1) is 6.20 Å². The first kappa shape index (κ1) is 22.8. The van der Waals surface area contributed by atoms with E-state index in [1.807, 2.05) is 36.2 Å². The largest absolute Gasteiger partial charge is 0.441 e. The van der Waals surface area contributed by atoms with Gasteiger partial charge in [0.1, 0.15) is 0 Å². The summed E-state index contributed by atoms with van der Waals surface area (Å²) in [7, 11) is 1.95. The van der Waals surface area contributed by atoms with E-state index >= 15 is 0 Å². The van der Waals surface area contributed by atoms with Crippen molar-refractivity contribution in [3.63, 3.8) is 0 Å². The molecule has 3 rings (SSSR count). The van der Waals surface area contributed by atoms with E-state index in [0.717, 1.165) is 31.5 Å². The number of piperidine rings is 1. The van der Waals surface area contributed by atoms with Crippen LogP contribution in [0.25, 0.3) is 11.3 Å². The Morgan fingerprint density at radius 1 is 1.35 bits per heavy atom. The molecule has 2 aromatic rings. The van der Waals surface area contributed by atoms with Gasteiger partial charge in [-0.3, -0.25) is 4.79 Å². The molecule has 1 atom stereocenters. The van der Waals surface area contributed by atoms with Gasteiger partial charge < -0.3 is 14.6 Å². The van der Waals surface area contributed by atoms with Gasteiger partial charge in [0.25, 0.3) is 0 Å². The standard InChI is InChI=1S/C18H22ClN3O2.2ClH/c1-20-15-3-2-10-22(12-15)18(23)9-8-17-21-11-16(24-17)13-4-6-14(19)7-5-13;;/h4-7,11,15,20H,2-3,8-10,12H2,1H3;2*1H. The van der Waals surface area contributed by atoms with Crippen LogP contribution in [-0.2, 0) is 11.2 Å². The molecule has 5 nitrogen and oxygen atoms in total. The molecule has 0 saturated carbocycles. The summed E-state index contributed by atoms with van der Waals surface area (Å²) in [6, 6.07) is 7.82. The second-order valence-electron chi connectivity index (χ2n) is 6.09. The number of hydrogen-bond donors (Lipinski definition) is 1. The van der Waals surface area contributed by atoms with Crippen LogP contribution in [0.5, 0.6) is 0 Å². The number of amides is 1. The Morgan fingerprint density at radius 3 is 2.77 bits per heavy atom. The summed E-state index contributed by atoms with van der Waals surface area (Å²) < 4.78 is 5.75. The molecule has 26 heavy (non-hydrogen) atoms. The molecule has 1 aliphatic rings. The van der Waals surface area contributed by atoms with Crippen LogP contribution in [-0.4, -0.2) is 42.0 Å². The first-order valence-corrected chi connectivity index (χ1v) is 8.69. The number of nitrogens with one attached hydrogen (secondary N) is 1. The first-order valence-electron chi connectivity index (χ1n) is 8.31. The van der Waals surface area contributed by atoms with Crippen molar-refractivity contribution in [3.8, 4) is 11.3 Å². The number of rotatable bonds is 5. The number of hydrogen-bond acceptors (Lipinski definition) is 4. The summed E-state index contributed by atoms with van der Waals surface area (Å²) in [5.74, 6) is 1.46. The predicted molar refractivity (Wildman–Crippen MR) is 108 cm³/mol. The van der Waals surface area contributed by atoms with Crippen LogP contribution in [0.2, 0.25) is 5.02 Å². The minimum Gasteiger partial charge on any atom is -0.441 e. The Labute approximate surface area is 171 Å². The van der Waals surface area contributed by atoms with Gasteiger partial charge in [-0.2, -0.15) is 0 Å². The van der Waals surface area contributed by atoms with Gasteiger partial charge in [0.15, 0.2) is 11.7 Å². The number of benzene rings is 1. The zero-order valence-corrected chi connectivity index (χ0v) is 17.0. The summed E-state index contributed by atoms with van der Waals surface area (Å²) in [5.41, 5.74) is 0.928. The van der Waals surface area contributed by atoms with E-state index in [0.29, 0.717) is 35.6 Å². The Hall–Kier alpha value is -1.27. The molecule has 0 radical (unpaired) electrons. The number of carbonyl (C=O) groups is 1. The summed E-state index contributed by atoms with van der Waals surface area (Å²) in [5, 5.41) is 3.94. The average Bonchev–Trinajstić information content (AvgIpc) is 3.09. The van der Waals surface area contributed by atoms with Gasteiger partial charge in [-0.15, -0.1) is 24.8 Å². The van der Waals surface area contributed by atoms with E-state index in [4.69, 9.17) is 16.0 Å². The fraction of sp³-hybridized carbons (Fsp3) is 0.444. The predicted octanol–water partition coefficient (Wildman–Crippen LogP) is 3.98. The summed E-state index contributed by atoms with van der Waals surface area (Å²) >= 11 is 5.89. The molecule has 1 saturated heterocycles. The number of oxazole rings is 1. The molecule has 1 fully saturated rings. The lowest BCUT2D eigenvalue weighted by atomic mass is 10.1. The first-order chi connectivity index (χ1) is 11.7. The maximum Gasteiger partial charge on any atom is 0.223 e. The van der Waals surface area contributed by atoms with E-state index in [1.165, 1.54) is 0 Å². The fourth-order valence-electron chi connectivity index (χ4n) is 2.98. The lowest BCUT2D eigenvalue weighted by Crippen LogP contribution is -2.47. The Kier molecular flexibility index (Phi) is 9.44. The molecule has 1 amide bonds. The SMILES string of the molecule is CNC1CCCN(C(=O)CCc2ncc(-c3ccc(Cl)cc3)o2)C1.Cl.Cl. The lowest BCUT2D eigenvalue weighted by molar-refractivity contribution is -0.132. The molecule has 1 aromatic heterocycles. The van der Waals surface area contributed by atoms with Crippen molar-refractivity contribution in [2.75, 3.05) is 20.1 Å². The highest BCUT2D eigenvalue weighted by Crippen LogP contribution is 2.23. The highest BCUT2D eigenvalue weighted by atomic mass is 35.5. The normalized spacial score (nSPS) is 16.5. The third-order valence-electron chi connectivity index (χ3n) is 4.42. The molecule has 1 aromatic carbocycles. The number of aryl methyl sites for hydroxylation is 1. The minimum absolute atomic E-state index is 0. The second-order valence-corrected chi connectivity index (χ2v) is 6.53. The third kappa shape index (κ3) is 5.88. The van der Waals surface area contributed by atoms with Crippen molar-refractivity contribution in [1.29, 1.82) is 0 Å². The molecule has 1 aliphatic heterocycles. The van der Waals surface area contributed by atoms with Gasteiger partial charge in [0.2, 0.25) is 5.91 Å². The minimum atomic E-state index is 0. The zero-order valence-electron chi connectivity index (χ0n) is 14.6. The van der Waals surface area contributed by atoms with Crippen LogP contribution < -0.4 is 5.32 Å². The monoisotopic (exact) mass is 419 g/mol. The van der Waals surface area contributed by atoms with E-state index in [9.17, 15) is 4.79 Å². The number of carbonyl (C=O) groups excluding carboxylic acids is 1.